The number of hydrogen-bond acceptors (Lipinski definition) is 0. The fourth-order valence-corrected chi connectivity index (χ4v) is 8.90. The number of rotatable bonds is 5. The predicted molar refractivity (Wildman–Crippen MR) is 233 cm³/mol. The molecule has 1 aliphatic carbocycles. The van der Waals surface area contributed by atoms with E-state index < -0.39 is 0 Å². The first kappa shape index (κ1) is 30.6. The molecule has 0 saturated carbocycles. The van der Waals surface area contributed by atoms with Gasteiger partial charge in [0.2, 0.25) is 0 Å². The maximum atomic E-state index is 2.43. The molecule has 0 nitrogen and oxygen atoms in total. The minimum absolute atomic E-state index is 1.18. The van der Waals surface area contributed by atoms with Gasteiger partial charge in [0.1, 0.15) is 0 Å². The molecule has 0 saturated heterocycles. The third-order valence-electron chi connectivity index (χ3n) is 11.4. The summed E-state index contributed by atoms with van der Waals surface area (Å²) in [6.45, 7) is 0. The van der Waals surface area contributed by atoms with Crippen LogP contribution in [0.5, 0.6) is 0 Å². The molecule has 0 radical (unpaired) electrons. The van der Waals surface area contributed by atoms with Crippen molar-refractivity contribution in [1.82, 2.24) is 0 Å². The Morgan fingerprint density at radius 3 is 1.31 bits per heavy atom. The van der Waals surface area contributed by atoms with Crippen molar-refractivity contribution in [2.24, 2.45) is 0 Å². The van der Waals surface area contributed by atoms with Crippen molar-refractivity contribution >= 4 is 55.2 Å². The average Bonchev–Trinajstić information content (AvgIpc) is 3.56. The second-order valence-electron chi connectivity index (χ2n) is 14.4. The summed E-state index contributed by atoms with van der Waals surface area (Å²) in [7, 11) is 0. The van der Waals surface area contributed by atoms with E-state index in [-0.39, 0.29) is 0 Å². The van der Waals surface area contributed by atoms with E-state index in [2.05, 4.69) is 206 Å². The van der Waals surface area contributed by atoms with Crippen molar-refractivity contribution < 1.29 is 0 Å². The van der Waals surface area contributed by atoms with E-state index in [4.69, 9.17) is 0 Å². The first-order chi connectivity index (χ1) is 26.8. The Morgan fingerprint density at radius 2 is 0.704 bits per heavy atom. The molecule has 0 atom stereocenters. The lowest BCUT2D eigenvalue weighted by atomic mass is 9.85. The molecule has 10 aromatic rings. The predicted octanol–water partition coefficient (Wildman–Crippen LogP) is 15.1. The van der Waals surface area contributed by atoms with Crippen LogP contribution in [-0.2, 0) is 0 Å². The molecule has 10 aromatic carbocycles. The molecule has 0 amide bonds. The Morgan fingerprint density at radius 1 is 0.259 bits per heavy atom. The Kier molecular flexibility index (Phi) is 6.97. The van der Waals surface area contributed by atoms with Gasteiger partial charge in [-0.15, -0.1) is 0 Å². The zero-order valence-corrected chi connectivity index (χ0v) is 29.6. The lowest BCUT2D eigenvalue weighted by molar-refractivity contribution is 1.62. The van der Waals surface area contributed by atoms with Crippen molar-refractivity contribution in [2.75, 3.05) is 0 Å². The monoisotopic (exact) mass is 682 g/mol. The summed E-state index contributed by atoms with van der Waals surface area (Å²) in [4.78, 5) is 0. The van der Waals surface area contributed by atoms with E-state index in [0.29, 0.717) is 0 Å². The van der Waals surface area contributed by atoms with Crippen LogP contribution in [0.3, 0.4) is 0 Å². The number of hydrogen-bond donors (Lipinski definition) is 0. The molecular formula is C54H34. The SMILES string of the molecule is C(=Cc1ccc(-c2c3ccccc3c(-c3ccc4c(c3)-c3cccc5cccc-4c35)c3ccccc23)cc1)c1ccc(-c2cccc3ccccc23)cc1. The van der Waals surface area contributed by atoms with Crippen LogP contribution in [0.2, 0.25) is 0 Å². The van der Waals surface area contributed by atoms with Crippen LogP contribution in [-0.4, -0.2) is 0 Å². The molecule has 0 aromatic heterocycles. The summed E-state index contributed by atoms with van der Waals surface area (Å²) in [5.41, 5.74) is 15.2. The van der Waals surface area contributed by atoms with Crippen LogP contribution in [0.25, 0.3) is 111 Å². The van der Waals surface area contributed by atoms with Gasteiger partial charge in [-0.1, -0.05) is 200 Å². The molecule has 0 aliphatic heterocycles. The molecule has 0 bridgehead atoms. The number of fused-ring (bicyclic) bond motifs is 6. The topological polar surface area (TPSA) is 0 Å². The Bertz CT molecular complexity index is 3060. The second kappa shape index (κ2) is 12.3. The van der Waals surface area contributed by atoms with E-state index in [1.54, 1.807) is 0 Å². The summed E-state index contributed by atoms with van der Waals surface area (Å²) >= 11 is 0. The Balaban J connectivity index is 0.958. The minimum Gasteiger partial charge on any atom is -0.0616 e. The molecule has 0 N–H and O–H groups in total. The van der Waals surface area contributed by atoms with Gasteiger partial charge in [0.15, 0.2) is 0 Å². The van der Waals surface area contributed by atoms with Crippen molar-refractivity contribution in [2.45, 2.75) is 0 Å². The van der Waals surface area contributed by atoms with Crippen LogP contribution in [0, 0.1) is 0 Å². The molecule has 0 heterocycles. The second-order valence-corrected chi connectivity index (χ2v) is 14.4. The highest BCUT2D eigenvalue weighted by molar-refractivity contribution is 6.22. The minimum atomic E-state index is 1.18. The first-order valence-corrected chi connectivity index (χ1v) is 18.8. The third kappa shape index (κ3) is 4.85. The van der Waals surface area contributed by atoms with Gasteiger partial charge in [-0.25, -0.2) is 0 Å². The summed E-state index contributed by atoms with van der Waals surface area (Å²) in [5.74, 6) is 0. The van der Waals surface area contributed by atoms with E-state index in [9.17, 15) is 0 Å². The van der Waals surface area contributed by atoms with E-state index in [1.807, 2.05) is 0 Å². The van der Waals surface area contributed by atoms with Gasteiger partial charge in [-0.3, -0.25) is 0 Å². The summed E-state index contributed by atoms with van der Waals surface area (Å²) in [6, 6.07) is 71.4. The van der Waals surface area contributed by atoms with Gasteiger partial charge in [-0.05, 0) is 116 Å². The quantitative estimate of drug-likeness (QED) is 0.125. The largest absolute Gasteiger partial charge is 0.0616 e. The molecule has 0 spiro atoms. The van der Waals surface area contributed by atoms with Crippen molar-refractivity contribution in [1.29, 1.82) is 0 Å². The molecule has 0 heteroatoms. The highest BCUT2D eigenvalue weighted by Gasteiger charge is 2.23. The fourth-order valence-electron chi connectivity index (χ4n) is 8.90. The van der Waals surface area contributed by atoms with Gasteiger partial charge in [0.05, 0.1) is 0 Å². The smallest absolute Gasteiger partial charge is 0.00261 e. The summed E-state index contributed by atoms with van der Waals surface area (Å²) in [6.07, 6.45) is 4.42. The van der Waals surface area contributed by atoms with E-state index in [1.165, 1.54) is 110 Å². The van der Waals surface area contributed by atoms with Crippen molar-refractivity contribution in [3.8, 4) is 55.6 Å². The first-order valence-electron chi connectivity index (χ1n) is 18.8. The normalized spacial score (nSPS) is 12.0. The standard InChI is InChI=1S/C54H34/c1-2-14-42-37(10-1)11-7-19-43(42)38-28-24-35(25-29-38)22-23-36-26-30-40(31-27-36)53-46-15-3-5-17-48(46)54(49-18-6-4-16-47(49)53)41-32-33-44-45-20-8-12-39-13-9-21-50(52(39)45)51(44)34-41/h1-34H. The van der Waals surface area contributed by atoms with Crippen LogP contribution in [0.4, 0.5) is 0 Å². The van der Waals surface area contributed by atoms with Crippen molar-refractivity contribution in [3.63, 3.8) is 0 Å². The highest BCUT2D eigenvalue weighted by Crippen LogP contribution is 2.50. The molecule has 0 fully saturated rings. The molecule has 11 rings (SSSR count). The number of benzene rings is 10. The molecular weight excluding hydrogens is 649 g/mol. The van der Waals surface area contributed by atoms with E-state index in [0.717, 1.165) is 0 Å². The molecule has 0 unspecified atom stereocenters. The third-order valence-corrected chi connectivity index (χ3v) is 11.4. The van der Waals surface area contributed by atoms with Crippen LogP contribution in [0.1, 0.15) is 11.1 Å². The van der Waals surface area contributed by atoms with Gasteiger partial charge in [0, 0.05) is 0 Å². The average molecular weight is 683 g/mol. The van der Waals surface area contributed by atoms with Gasteiger partial charge < -0.3 is 0 Å². The van der Waals surface area contributed by atoms with Gasteiger partial charge >= 0.3 is 0 Å². The Hall–Kier alpha value is -7.02. The maximum absolute atomic E-state index is 2.43. The van der Waals surface area contributed by atoms with Crippen LogP contribution in [0.15, 0.2) is 194 Å². The molecule has 1 aliphatic rings. The Labute approximate surface area is 314 Å². The summed E-state index contributed by atoms with van der Waals surface area (Å²) in [5, 5.41) is 10.3. The zero-order valence-electron chi connectivity index (χ0n) is 29.6. The maximum Gasteiger partial charge on any atom is -0.00261 e. The summed E-state index contributed by atoms with van der Waals surface area (Å²) < 4.78 is 0. The van der Waals surface area contributed by atoms with E-state index >= 15 is 0 Å². The van der Waals surface area contributed by atoms with Crippen molar-refractivity contribution in [3.05, 3.63) is 205 Å². The molecule has 54 heavy (non-hydrogen) atoms. The van der Waals surface area contributed by atoms with Gasteiger partial charge in [-0.2, -0.15) is 0 Å². The van der Waals surface area contributed by atoms with Crippen LogP contribution >= 0.6 is 0 Å². The zero-order chi connectivity index (χ0) is 35.6. The van der Waals surface area contributed by atoms with Crippen LogP contribution < -0.4 is 0 Å². The molecule has 250 valence electrons. The van der Waals surface area contributed by atoms with Gasteiger partial charge in [0.25, 0.3) is 0 Å². The lowest BCUT2D eigenvalue weighted by Gasteiger charge is -2.18. The highest BCUT2D eigenvalue weighted by atomic mass is 14.3. The fraction of sp³-hybridized carbons (Fsp3) is 0. The lowest BCUT2D eigenvalue weighted by Crippen LogP contribution is -1.91.